The minimum atomic E-state index is -5.43. The lowest BCUT2D eigenvalue weighted by atomic mass is 10.2. The van der Waals surface area contributed by atoms with Crippen LogP contribution in [-0.4, -0.2) is 46.2 Å². The Hall–Kier alpha value is -0.530. The maximum absolute atomic E-state index is 12.9. The molecule has 0 saturated heterocycles. The maximum Gasteiger partial charge on any atom is 0.423 e. The van der Waals surface area contributed by atoms with E-state index in [0.717, 1.165) is 18.0 Å². The zero-order valence-corrected chi connectivity index (χ0v) is 12.7. The van der Waals surface area contributed by atoms with Gasteiger partial charge in [0.2, 0.25) is 20.0 Å². The summed E-state index contributed by atoms with van der Waals surface area (Å²) < 4.78 is 113. The van der Waals surface area contributed by atoms with Gasteiger partial charge in [-0.15, -0.1) is 4.13 Å². The highest BCUT2D eigenvalue weighted by molar-refractivity contribution is 8.04. The van der Waals surface area contributed by atoms with Gasteiger partial charge in [-0.3, -0.25) is 4.74 Å². The fourth-order valence-corrected chi connectivity index (χ4v) is 3.46. The van der Waals surface area contributed by atoms with Crippen molar-refractivity contribution in [3.05, 3.63) is 0 Å². The van der Waals surface area contributed by atoms with Crippen molar-refractivity contribution in [1.82, 2.24) is 4.13 Å². The second-order valence-electron chi connectivity index (χ2n) is 4.31. The van der Waals surface area contributed by atoms with Gasteiger partial charge < -0.3 is 0 Å². The molecular formula is C8H14F5NO5S2. The van der Waals surface area contributed by atoms with Crippen molar-refractivity contribution in [3.63, 3.8) is 0 Å². The van der Waals surface area contributed by atoms with Gasteiger partial charge in [0, 0.05) is 0 Å². The molecular weight excluding hydrogens is 349 g/mol. The maximum atomic E-state index is 12.9. The average Bonchev–Trinajstić information content (AvgIpc) is 2.24. The van der Waals surface area contributed by atoms with Crippen LogP contribution < -0.4 is 4.13 Å². The first-order valence-electron chi connectivity index (χ1n) is 5.34. The Bertz CT molecular complexity index is 558. The number of nitrogens with one attached hydrogen (secondary N) is 1. The smallest absolute Gasteiger partial charge is 0.298 e. The molecule has 0 aromatic heterocycles. The first-order valence-corrected chi connectivity index (χ1v) is 8.54. The Balaban J connectivity index is 5.02. The van der Waals surface area contributed by atoms with Crippen molar-refractivity contribution in [2.75, 3.05) is 5.94 Å². The lowest BCUT2D eigenvalue weighted by Crippen LogP contribution is -2.50. The standard InChI is InChI=1S/C8H14F5NO5S2/c1-5(2)21(17,18)14-20(15,16)4-19-8(12,13)7(10,11)6(3)9/h5-6,14H,4H2,1-3H3. The van der Waals surface area contributed by atoms with E-state index in [4.69, 9.17) is 0 Å². The van der Waals surface area contributed by atoms with Gasteiger partial charge in [-0.2, -0.15) is 17.6 Å². The van der Waals surface area contributed by atoms with E-state index in [1.807, 2.05) is 0 Å². The largest absolute Gasteiger partial charge is 0.423 e. The lowest BCUT2D eigenvalue weighted by molar-refractivity contribution is -0.354. The molecule has 0 spiro atoms. The summed E-state index contributed by atoms with van der Waals surface area (Å²) >= 11 is 0. The SMILES string of the molecule is CC(F)C(F)(F)C(F)(F)OCS(=O)(=O)NS(=O)(=O)C(C)C. The molecule has 0 heterocycles. The summed E-state index contributed by atoms with van der Waals surface area (Å²) in [6.07, 6.45) is -8.75. The third kappa shape index (κ3) is 5.30. The molecule has 0 bridgehead atoms. The van der Waals surface area contributed by atoms with Crippen molar-refractivity contribution in [2.45, 2.75) is 44.2 Å². The summed E-state index contributed by atoms with van der Waals surface area (Å²) in [5, 5.41) is -1.22. The zero-order chi connectivity index (χ0) is 17.3. The normalized spacial score (nSPS) is 16.2. The Morgan fingerprint density at radius 1 is 1.05 bits per heavy atom. The number of halogens is 5. The highest BCUT2D eigenvalue weighted by atomic mass is 32.3. The number of hydrogen-bond donors (Lipinski definition) is 1. The molecule has 1 unspecified atom stereocenters. The predicted octanol–water partition coefficient (Wildman–Crippen LogP) is 1.20. The number of hydrogen-bond acceptors (Lipinski definition) is 5. The molecule has 13 heteroatoms. The second-order valence-corrected chi connectivity index (χ2v) is 8.47. The van der Waals surface area contributed by atoms with Gasteiger partial charge in [0.05, 0.1) is 5.25 Å². The Kier molecular flexibility index (Phi) is 6.14. The second kappa shape index (κ2) is 6.30. The number of sulfonamides is 2. The molecule has 0 rings (SSSR count). The van der Waals surface area contributed by atoms with E-state index in [-0.39, 0.29) is 6.92 Å². The van der Waals surface area contributed by atoms with E-state index in [2.05, 4.69) is 4.74 Å². The molecule has 0 saturated carbocycles. The summed E-state index contributed by atoms with van der Waals surface area (Å²) in [4.78, 5) is 0. The van der Waals surface area contributed by atoms with Crippen LogP contribution in [0.1, 0.15) is 20.8 Å². The minimum Gasteiger partial charge on any atom is -0.298 e. The summed E-state index contributed by atoms with van der Waals surface area (Å²) in [6, 6.07) is 0. The minimum absolute atomic E-state index is 0.132. The van der Waals surface area contributed by atoms with Crippen LogP contribution in [0.25, 0.3) is 0 Å². The van der Waals surface area contributed by atoms with Crippen molar-refractivity contribution in [1.29, 1.82) is 0 Å². The fourth-order valence-electron chi connectivity index (χ4n) is 0.777. The summed E-state index contributed by atoms with van der Waals surface area (Å²) in [5.74, 6) is -7.37. The molecule has 1 atom stereocenters. The van der Waals surface area contributed by atoms with Crippen molar-refractivity contribution in [2.24, 2.45) is 0 Å². The van der Waals surface area contributed by atoms with Gasteiger partial charge in [-0.1, -0.05) is 0 Å². The predicted molar refractivity (Wildman–Crippen MR) is 62.5 cm³/mol. The number of ether oxygens (including phenoxy) is 1. The first kappa shape index (κ1) is 20.5. The fraction of sp³-hybridized carbons (Fsp3) is 1.00. The van der Waals surface area contributed by atoms with Crippen molar-refractivity contribution < 1.29 is 43.5 Å². The molecule has 0 aliphatic heterocycles. The van der Waals surface area contributed by atoms with E-state index in [0.29, 0.717) is 0 Å². The molecule has 6 nitrogen and oxygen atoms in total. The van der Waals surface area contributed by atoms with E-state index < -0.39 is 49.4 Å². The number of alkyl halides is 5. The van der Waals surface area contributed by atoms with Crippen LogP contribution >= 0.6 is 0 Å². The summed E-state index contributed by atoms with van der Waals surface area (Å²) in [5.41, 5.74) is 0. The number of rotatable bonds is 8. The third-order valence-corrected chi connectivity index (χ3v) is 5.76. The van der Waals surface area contributed by atoms with E-state index in [1.165, 1.54) is 0 Å². The highest BCUT2D eigenvalue weighted by Crippen LogP contribution is 2.39. The van der Waals surface area contributed by atoms with E-state index >= 15 is 0 Å². The lowest BCUT2D eigenvalue weighted by Gasteiger charge is -2.26. The van der Waals surface area contributed by atoms with Crippen LogP contribution in [0.4, 0.5) is 22.0 Å². The molecule has 0 fully saturated rings. The van der Waals surface area contributed by atoms with Crippen LogP contribution in [0.3, 0.4) is 0 Å². The van der Waals surface area contributed by atoms with Crippen LogP contribution in [0.2, 0.25) is 0 Å². The van der Waals surface area contributed by atoms with Gasteiger partial charge in [-0.25, -0.2) is 21.2 Å². The third-order valence-electron chi connectivity index (χ3n) is 2.15. The Morgan fingerprint density at radius 3 is 1.81 bits per heavy atom. The average molecular weight is 363 g/mol. The molecule has 21 heavy (non-hydrogen) atoms. The molecule has 0 aromatic carbocycles. The van der Waals surface area contributed by atoms with Gasteiger partial charge in [0.1, 0.15) is 0 Å². The monoisotopic (exact) mass is 363 g/mol. The van der Waals surface area contributed by atoms with Crippen LogP contribution in [0.5, 0.6) is 0 Å². The van der Waals surface area contributed by atoms with Crippen molar-refractivity contribution in [3.8, 4) is 0 Å². The van der Waals surface area contributed by atoms with E-state index in [1.54, 1.807) is 0 Å². The van der Waals surface area contributed by atoms with Gasteiger partial charge in [-0.05, 0) is 20.8 Å². The van der Waals surface area contributed by atoms with Crippen LogP contribution in [0.15, 0.2) is 0 Å². The molecule has 128 valence electrons. The topological polar surface area (TPSA) is 89.5 Å². The molecule has 0 aliphatic carbocycles. The van der Waals surface area contributed by atoms with E-state index in [9.17, 15) is 38.8 Å². The first-order chi connectivity index (χ1) is 9.05. The Labute approximate surface area is 118 Å². The highest BCUT2D eigenvalue weighted by Gasteiger charge is 2.62. The van der Waals surface area contributed by atoms with Crippen molar-refractivity contribution >= 4 is 20.0 Å². The van der Waals surface area contributed by atoms with Gasteiger partial charge in [0.15, 0.2) is 12.1 Å². The molecule has 0 aliphatic rings. The van der Waals surface area contributed by atoms with Crippen LogP contribution in [0, 0.1) is 0 Å². The van der Waals surface area contributed by atoms with Gasteiger partial charge in [0.25, 0.3) is 0 Å². The molecule has 1 N–H and O–H groups in total. The molecule has 0 radical (unpaired) electrons. The zero-order valence-electron chi connectivity index (χ0n) is 11.1. The quantitative estimate of drug-likeness (QED) is 0.655. The molecule has 0 aromatic rings. The Morgan fingerprint density at radius 2 is 1.48 bits per heavy atom. The van der Waals surface area contributed by atoms with Crippen LogP contribution in [-0.2, 0) is 24.8 Å². The summed E-state index contributed by atoms with van der Waals surface area (Å²) in [7, 11) is -9.40. The molecule has 0 amide bonds. The van der Waals surface area contributed by atoms with Gasteiger partial charge >= 0.3 is 12.0 Å². The summed E-state index contributed by atoms with van der Waals surface area (Å²) in [6.45, 7) is 2.31.